The highest BCUT2D eigenvalue weighted by molar-refractivity contribution is 5.72. The van der Waals surface area contributed by atoms with Crippen molar-refractivity contribution in [2.24, 2.45) is 13.0 Å². The molecule has 0 radical (unpaired) electrons. The molecule has 0 saturated carbocycles. The number of aryl methyl sites for hydroxylation is 2. The van der Waals surface area contributed by atoms with Crippen molar-refractivity contribution in [3.63, 3.8) is 0 Å². The Morgan fingerprint density at radius 1 is 1.42 bits per heavy atom. The number of rotatable bonds is 6. The number of hydrogen-bond donors (Lipinski definition) is 1. The number of hydrogen-bond acceptors (Lipinski definition) is 4. The van der Waals surface area contributed by atoms with Gasteiger partial charge < -0.3 is 5.32 Å². The van der Waals surface area contributed by atoms with Crippen molar-refractivity contribution >= 4 is 11.0 Å². The SMILES string of the molecule is CC(C)CNCCCn1cnc2c(cnn2C)c1=O. The van der Waals surface area contributed by atoms with Gasteiger partial charge in [-0.15, -0.1) is 0 Å². The summed E-state index contributed by atoms with van der Waals surface area (Å²) in [6.45, 7) is 6.96. The zero-order chi connectivity index (χ0) is 13.8. The van der Waals surface area contributed by atoms with E-state index in [9.17, 15) is 4.79 Å². The molecule has 0 fully saturated rings. The molecule has 1 N–H and O–H groups in total. The van der Waals surface area contributed by atoms with Crippen molar-refractivity contribution in [3.8, 4) is 0 Å². The van der Waals surface area contributed by atoms with E-state index < -0.39 is 0 Å². The fourth-order valence-electron chi connectivity index (χ4n) is 1.99. The van der Waals surface area contributed by atoms with Crippen molar-refractivity contribution in [1.29, 1.82) is 0 Å². The molecule has 0 aliphatic heterocycles. The molecule has 2 heterocycles. The van der Waals surface area contributed by atoms with Gasteiger partial charge in [-0.2, -0.15) is 5.10 Å². The van der Waals surface area contributed by atoms with Crippen LogP contribution in [0, 0.1) is 5.92 Å². The first-order chi connectivity index (χ1) is 9.09. The monoisotopic (exact) mass is 263 g/mol. The Morgan fingerprint density at radius 2 is 2.21 bits per heavy atom. The Balaban J connectivity index is 1.98. The van der Waals surface area contributed by atoms with Gasteiger partial charge in [-0.3, -0.25) is 14.0 Å². The predicted octanol–water partition coefficient (Wildman–Crippen LogP) is 0.766. The summed E-state index contributed by atoms with van der Waals surface area (Å²) in [5, 5.41) is 8.00. The van der Waals surface area contributed by atoms with E-state index in [4.69, 9.17) is 0 Å². The van der Waals surface area contributed by atoms with Crippen LogP contribution in [0.1, 0.15) is 20.3 Å². The molecule has 104 valence electrons. The van der Waals surface area contributed by atoms with Crippen molar-refractivity contribution in [2.45, 2.75) is 26.8 Å². The van der Waals surface area contributed by atoms with Gasteiger partial charge in [0, 0.05) is 13.6 Å². The van der Waals surface area contributed by atoms with E-state index in [1.54, 1.807) is 28.8 Å². The maximum absolute atomic E-state index is 12.2. The first-order valence-electron chi connectivity index (χ1n) is 6.67. The molecule has 0 unspecified atom stereocenters. The number of nitrogens with zero attached hydrogens (tertiary/aromatic N) is 4. The molecule has 0 aromatic carbocycles. The molecule has 19 heavy (non-hydrogen) atoms. The molecule has 0 saturated heterocycles. The third-order valence-electron chi connectivity index (χ3n) is 3.02. The summed E-state index contributed by atoms with van der Waals surface area (Å²) in [5.41, 5.74) is 0.626. The van der Waals surface area contributed by atoms with E-state index in [0.29, 0.717) is 23.5 Å². The molecule has 0 aliphatic rings. The van der Waals surface area contributed by atoms with E-state index in [1.165, 1.54) is 0 Å². The summed E-state index contributed by atoms with van der Waals surface area (Å²) in [6, 6.07) is 0. The van der Waals surface area contributed by atoms with Gasteiger partial charge >= 0.3 is 0 Å². The normalized spacial score (nSPS) is 11.6. The molecular weight excluding hydrogens is 242 g/mol. The highest BCUT2D eigenvalue weighted by Gasteiger charge is 2.07. The molecule has 6 heteroatoms. The van der Waals surface area contributed by atoms with Crippen LogP contribution in [-0.2, 0) is 13.6 Å². The van der Waals surface area contributed by atoms with Gasteiger partial charge in [-0.1, -0.05) is 13.8 Å². The van der Waals surface area contributed by atoms with Crippen molar-refractivity contribution < 1.29 is 0 Å². The smallest absolute Gasteiger partial charge is 0.264 e. The number of fused-ring (bicyclic) bond motifs is 1. The van der Waals surface area contributed by atoms with Gasteiger partial charge in [-0.05, 0) is 25.4 Å². The summed E-state index contributed by atoms with van der Waals surface area (Å²) in [6.07, 6.45) is 4.10. The van der Waals surface area contributed by atoms with E-state index in [-0.39, 0.29) is 5.56 Å². The summed E-state index contributed by atoms with van der Waals surface area (Å²) in [5.74, 6) is 0.649. The van der Waals surface area contributed by atoms with Crippen LogP contribution >= 0.6 is 0 Å². The molecular formula is C13H21N5O. The largest absolute Gasteiger partial charge is 0.316 e. The van der Waals surface area contributed by atoms with Crippen molar-refractivity contribution in [2.75, 3.05) is 13.1 Å². The summed E-state index contributed by atoms with van der Waals surface area (Å²) < 4.78 is 3.27. The lowest BCUT2D eigenvalue weighted by Crippen LogP contribution is -2.25. The van der Waals surface area contributed by atoms with E-state index >= 15 is 0 Å². The van der Waals surface area contributed by atoms with Gasteiger partial charge in [0.1, 0.15) is 5.39 Å². The first-order valence-corrected chi connectivity index (χ1v) is 6.67. The van der Waals surface area contributed by atoms with Crippen LogP contribution in [0.2, 0.25) is 0 Å². The van der Waals surface area contributed by atoms with E-state index in [2.05, 4.69) is 29.2 Å². The van der Waals surface area contributed by atoms with Gasteiger partial charge in [0.25, 0.3) is 5.56 Å². The Hall–Kier alpha value is -1.69. The zero-order valence-electron chi connectivity index (χ0n) is 11.8. The molecule has 2 aromatic heterocycles. The van der Waals surface area contributed by atoms with Crippen LogP contribution in [-0.4, -0.2) is 32.4 Å². The predicted molar refractivity (Wildman–Crippen MR) is 75.1 cm³/mol. The van der Waals surface area contributed by atoms with Gasteiger partial charge in [-0.25, -0.2) is 4.98 Å². The van der Waals surface area contributed by atoms with Crippen LogP contribution in [0.3, 0.4) is 0 Å². The lowest BCUT2D eigenvalue weighted by Gasteiger charge is -2.08. The lowest BCUT2D eigenvalue weighted by molar-refractivity contribution is 0.517. The number of aromatic nitrogens is 4. The maximum Gasteiger partial charge on any atom is 0.264 e. The number of nitrogens with one attached hydrogen (secondary N) is 1. The van der Waals surface area contributed by atoms with Crippen LogP contribution in [0.15, 0.2) is 17.3 Å². The first kappa shape index (κ1) is 13.7. The van der Waals surface area contributed by atoms with Crippen LogP contribution in [0.5, 0.6) is 0 Å². The van der Waals surface area contributed by atoms with E-state index in [1.807, 2.05) is 0 Å². The zero-order valence-corrected chi connectivity index (χ0v) is 11.8. The van der Waals surface area contributed by atoms with Crippen LogP contribution < -0.4 is 10.9 Å². The highest BCUT2D eigenvalue weighted by Crippen LogP contribution is 2.03. The Morgan fingerprint density at radius 3 is 2.95 bits per heavy atom. The highest BCUT2D eigenvalue weighted by atomic mass is 16.1. The minimum atomic E-state index is -0.0121. The average Bonchev–Trinajstić information content (AvgIpc) is 2.74. The molecule has 6 nitrogen and oxygen atoms in total. The lowest BCUT2D eigenvalue weighted by atomic mass is 10.2. The second kappa shape index (κ2) is 5.97. The topological polar surface area (TPSA) is 64.7 Å². The maximum atomic E-state index is 12.2. The minimum Gasteiger partial charge on any atom is -0.316 e. The van der Waals surface area contributed by atoms with Gasteiger partial charge in [0.15, 0.2) is 5.65 Å². The molecule has 2 rings (SSSR count). The van der Waals surface area contributed by atoms with Crippen molar-refractivity contribution in [1.82, 2.24) is 24.6 Å². The molecule has 0 aliphatic carbocycles. The van der Waals surface area contributed by atoms with Crippen molar-refractivity contribution in [3.05, 3.63) is 22.9 Å². The van der Waals surface area contributed by atoms with Gasteiger partial charge in [0.2, 0.25) is 0 Å². The molecule has 2 aromatic rings. The fraction of sp³-hybridized carbons (Fsp3) is 0.615. The third-order valence-corrected chi connectivity index (χ3v) is 3.02. The van der Waals surface area contributed by atoms with Crippen LogP contribution in [0.25, 0.3) is 11.0 Å². The van der Waals surface area contributed by atoms with E-state index in [0.717, 1.165) is 19.5 Å². The Bertz CT molecular complexity index is 599. The Labute approximate surface area is 112 Å². The summed E-state index contributed by atoms with van der Waals surface area (Å²) in [7, 11) is 1.79. The molecule has 0 spiro atoms. The second-order valence-electron chi connectivity index (χ2n) is 5.20. The molecule has 0 bridgehead atoms. The third kappa shape index (κ3) is 3.20. The average molecular weight is 263 g/mol. The molecule has 0 atom stereocenters. The summed E-state index contributed by atoms with van der Waals surface area (Å²) in [4.78, 5) is 16.4. The van der Waals surface area contributed by atoms with Crippen LogP contribution in [0.4, 0.5) is 0 Å². The van der Waals surface area contributed by atoms with Gasteiger partial charge in [0.05, 0.1) is 12.5 Å². The standard InChI is InChI=1S/C13H21N5O/c1-10(2)7-14-5-4-6-18-9-15-12-11(13(18)19)8-16-17(12)3/h8-10,14H,4-7H2,1-3H3. The quantitative estimate of drug-likeness (QED) is 0.782. The second-order valence-corrected chi connectivity index (χ2v) is 5.20. The molecule has 0 amide bonds. The summed E-state index contributed by atoms with van der Waals surface area (Å²) >= 11 is 0. The Kier molecular flexibility index (Phi) is 4.31. The minimum absolute atomic E-state index is 0.0121. The fourth-order valence-corrected chi connectivity index (χ4v) is 1.99.